The molecule has 0 aromatic carbocycles. The molecule has 0 radical (unpaired) electrons. The molecular weight excluding hydrogens is 100 g/mol. The standard InChI is InChI=1S/C6H10N2/c1-2-5(1)7-3-6-4-8-6/h4-5,7-8H,1-3H2. The lowest BCUT2D eigenvalue weighted by Gasteiger charge is -1.93. The van der Waals surface area contributed by atoms with Crippen molar-refractivity contribution in [2.24, 2.45) is 0 Å². The van der Waals surface area contributed by atoms with Crippen molar-refractivity contribution in [2.45, 2.75) is 18.9 Å². The Morgan fingerprint density at radius 3 is 3.00 bits per heavy atom. The first-order valence-corrected chi connectivity index (χ1v) is 3.14. The maximum atomic E-state index is 3.39. The Labute approximate surface area is 49.0 Å². The molecule has 0 saturated heterocycles. The van der Waals surface area contributed by atoms with Gasteiger partial charge in [-0.2, -0.15) is 0 Å². The van der Waals surface area contributed by atoms with Gasteiger partial charge in [-0.15, -0.1) is 0 Å². The second-order valence-corrected chi connectivity index (χ2v) is 2.47. The monoisotopic (exact) mass is 110 g/mol. The highest BCUT2D eigenvalue weighted by Gasteiger charge is 2.21. The van der Waals surface area contributed by atoms with E-state index in [0.29, 0.717) is 0 Å². The van der Waals surface area contributed by atoms with Crippen LogP contribution in [0.25, 0.3) is 0 Å². The molecule has 2 aliphatic rings. The summed E-state index contributed by atoms with van der Waals surface area (Å²) in [7, 11) is 0. The smallest absolute Gasteiger partial charge is 0.0450 e. The maximum absolute atomic E-state index is 3.39. The van der Waals surface area contributed by atoms with Crippen molar-refractivity contribution in [1.29, 1.82) is 0 Å². The summed E-state index contributed by atoms with van der Waals surface area (Å²) in [4.78, 5) is 0. The van der Waals surface area contributed by atoms with Crippen LogP contribution in [0.15, 0.2) is 11.9 Å². The van der Waals surface area contributed by atoms with Crippen LogP contribution in [0.1, 0.15) is 12.8 Å². The predicted molar refractivity (Wildman–Crippen MR) is 32.2 cm³/mol. The summed E-state index contributed by atoms with van der Waals surface area (Å²) in [5.74, 6) is 0. The van der Waals surface area contributed by atoms with Crippen molar-refractivity contribution in [3.8, 4) is 0 Å². The molecule has 2 rings (SSSR count). The predicted octanol–water partition coefficient (Wildman–Crippen LogP) is 0.183. The zero-order valence-corrected chi connectivity index (χ0v) is 4.78. The van der Waals surface area contributed by atoms with Crippen LogP contribution in [0.4, 0.5) is 0 Å². The first-order valence-electron chi connectivity index (χ1n) is 3.14. The SMILES string of the molecule is C1=C(CNC2CC2)N1. The van der Waals surface area contributed by atoms with E-state index in [1.165, 1.54) is 18.5 Å². The molecule has 8 heavy (non-hydrogen) atoms. The van der Waals surface area contributed by atoms with E-state index in [1.54, 1.807) is 0 Å². The van der Waals surface area contributed by atoms with E-state index in [2.05, 4.69) is 10.6 Å². The van der Waals surface area contributed by atoms with Gasteiger partial charge in [0.25, 0.3) is 0 Å². The Morgan fingerprint density at radius 1 is 1.75 bits per heavy atom. The second-order valence-electron chi connectivity index (χ2n) is 2.47. The summed E-state index contributed by atoms with van der Waals surface area (Å²) in [6, 6.07) is 0.846. The summed E-state index contributed by atoms with van der Waals surface area (Å²) in [6.45, 7) is 1.06. The Hall–Kier alpha value is -0.500. The minimum absolute atomic E-state index is 0.846. The van der Waals surface area contributed by atoms with Gasteiger partial charge in [0, 0.05) is 24.5 Å². The molecule has 1 aliphatic heterocycles. The van der Waals surface area contributed by atoms with E-state index in [4.69, 9.17) is 0 Å². The van der Waals surface area contributed by atoms with Crippen LogP contribution in [0.2, 0.25) is 0 Å². The third-order valence-corrected chi connectivity index (χ3v) is 1.51. The first kappa shape index (κ1) is 4.39. The Kier molecular flexibility index (Phi) is 0.815. The third kappa shape index (κ3) is 1.01. The Bertz CT molecular complexity index is 124. The fourth-order valence-electron chi connectivity index (χ4n) is 0.695. The second kappa shape index (κ2) is 1.49. The molecule has 0 unspecified atom stereocenters. The summed E-state index contributed by atoms with van der Waals surface area (Å²) in [6.07, 6.45) is 4.80. The van der Waals surface area contributed by atoms with Crippen molar-refractivity contribution < 1.29 is 0 Å². The average molecular weight is 110 g/mol. The highest BCUT2D eigenvalue weighted by Crippen LogP contribution is 2.18. The van der Waals surface area contributed by atoms with Crippen LogP contribution in [0.5, 0.6) is 0 Å². The summed E-state index contributed by atoms with van der Waals surface area (Å²) < 4.78 is 0. The van der Waals surface area contributed by atoms with Crippen LogP contribution in [0, 0.1) is 0 Å². The molecule has 0 aromatic rings. The minimum Gasteiger partial charge on any atom is -0.361 e. The Morgan fingerprint density at radius 2 is 2.50 bits per heavy atom. The summed E-state index contributed by atoms with van der Waals surface area (Å²) >= 11 is 0. The zero-order chi connectivity index (χ0) is 5.40. The van der Waals surface area contributed by atoms with E-state index in [-0.39, 0.29) is 0 Å². The van der Waals surface area contributed by atoms with Crippen LogP contribution in [0.3, 0.4) is 0 Å². The van der Waals surface area contributed by atoms with E-state index in [0.717, 1.165) is 12.6 Å². The molecule has 44 valence electrons. The Balaban J connectivity index is 1.62. The normalized spacial score (nSPS) is 24.2. The molecule has 1 heterocycles. The van der Waals surface area contributed by atoms with Gasteiger partial charge in [-0.3, -0.25) is 0 Å². The lowest BCUT2D eigenvalue weighted by Crippen LogP contribution is -2.17. The van der Waals surface area contributed by atoms with E-state index >= 15 is 0 Å². The van der Waals surface area contributed by atoms with Crippen molar-refractivity contribution in [3.05, 3.63) is 11.9 Å². The molecule has 2 heteroatoms. The van der Waals surface area contributed by atoms with Gasteiger partial charge < -0.3 is 10.6 Å². The largest absolute Gasteiger partial charge is 0.361 e. The van der Waals surface area contributed by atoms with Crippen LogP contribution < -0.4 is 10.6 Å². The minimum atomic E-state index is 0.846. The highest BCUT2D eigenvalue weighted by atomic mass is 15.1. The summed E-state index contributed by atoms with van der Waals surface area (Å²) in [5.41, 5.74) is 1.36. The molecule has 0 bridgehead atoms. The lowest BCUT2D eigenvalue weighted by molar-refractivity contribution is 0.737. The number of hydrogen-bond donors (Lipinski definition) is 2. The van der Waals surface area contributed by atoms with Gasteiger partial charge in [0.05, 0.1) is 0 Å². The van der Waals surface area contributed by atoms with Gasteiger partial charge in [-0.25, -0.2) is 0 Å². The zero-order valence-electron chi connectivity index (χ0n) is 4.78. The number of hydrogen-bond acceptors (Lipinski definition) is 2. The quantitative estimate of drug-likeness (QED) is 0.543. The molecule has 1 saturated carbocycles. The average Bonchev–Trinajstić information content (AvgIpc) is 2.60. The molecular formula is C6H10N2. The van der Waals surface area contributed by atoms with Crippen LogP contribution in [-0.4, -0.2) is 12.6 Å². The molecule has 1 aliphatic carbocycles. The van der Waals surface area contributed by atoms with Gasteiger partial charge in [0.2, 0.25) is 0 Å². The van der Waals surface area contributed by atoms with Gasteiger partial charge in [0.1, 0.15) is 0 Å². The van der Waals surface area contributed by atoms with Gasteiger partial charge in [-0.05, 0) is 12.8 Å². The molecule has 2 N–H and O–H groups in total. The number of nitrogens with one attached hydrogen (secondary N) is 2. The van der Waals surface area contributed by atoms with E-state index in [1.807, 2.05) is 6.20 Å². The van der Waals surface area contributed by atoms with Crippen molar-refractivity contribution in [3.63, 3.8) is 0 Å². The molecule has 1 fully saturated rings. The molecule has 0 atom stereocenters. The van der Waals surface area contributed by atoms with Gasteiger partial charge in [-0.1, -0.05) is 0 Å². The van der Waals surface area contributed by atoms with E-state index < -0.39 is 0 Å². The lowest BCUT2D eigenvalue weighted by atomic mass is 10.5. The van der Waals surface area contributed by atoms with E-state index in [9.17, 15) is 0 Å². The van der Waals surface area contributed by atoms with Crippen molar-refractivity contribution >= 4 is 0 Å². The first-order chi connectivity index (χ1) is 3.95. The summed E-state index contributed by atoms with van der Waals surface area (Å²) in [5, 5.41) is 6.43. The topological polar surface area (TPSA) is 34.0 Å². The molecule has 0 spiro atoms. The number of rotatable bonds is 3. The van der Waals surface area contributed by atoms with Crippen molar-refractivity contribution in [1.82, 2.24) is 10.6 Å². The highest BCUT2D eigenvalue weighted by molar-refractivity contribution is 5.17. The van der Waals surface area contributed by atoms with Gasteiger partial charge in [0.15, 0.2) is 0 Å². The molecule has 0 amide bonds. The van der Waals surface area contributed by atoms with Crippen molar-refractivity contribution in [2.75, 3.05) is 6.54 Å². The molecule has 0 aromatic heterocycles. The van der Waals surface area contributed by atoms with Crippen LogP contribution >= 0.6 is 0 Å². The van der Waals surface area contributed by atoms with Crippen LogP contribution in [-0.2, 0) is 0 Å². The third-order valence-electron chi connectivity index (χ3n) is 1.51. The fraction of sp³-hybridized carbons (Fsp3) is 0.667. The molecule has 2 nitrogen and oxygen atoms in total. The maximum Gasteiger partial charge on any atom is 0.0450 e. The van der Waals surface area contributed by atoms with Gasteiger partial charge >= 0.3 is 0 Å². The fourth-order valence-corrected chi connectivity index (χ4v) is 0.695.